The summed E-state index contributed by atoms with van der Waals surface area (Å²) in [5, 5.41) is 9.78. The minimum atomic E-state index is -0.314. The number of β-amino-alcohol motifs (C(OH)–C–C–N with tert-alkyl or cyclic N) is 1. The van der Waals surface area contributed by atoms with Gasteiger partial charge in [-0.3, -0.25) is 4.90 Å². The first-order valence-electron chi connectivity index (χ1n) is 11.7. The SMILES string of the molecule is COCc1nc(-c2ccccc2)nc(N2CCN(CC(C)O)CC2)c1Cc1ccc(C)cc1. The summed E-state index contributed by atoms with van der Waals surface area (Å²) in [4.78, 5) is 14.7. The van der Waals surface area contributed by atoms with E-state index < -0.39 is 0 Å². The summed E-state index contributed by atoms with van der Waals surface area (Å²) < 4.78 is 5.57. The quantitative estimate of drug-likeness (QED) is 0.569. The Balaban J connectivity index is 1.73. The minimum absolute atomic E-state index is 0.314. The molecule has 1 aromatic heterocycles. The van der Waals surface area contributed by atoms with Crippen molar-refractivity contribution in [3.8, 4) is 11.4 Å². The van der Waals surface area contributed by atoms with Crippen molar-refractivity contribution in [1.82, 2.24) is 14.9 Å². The van der Waals surface area contributed by atoms with Gasteiger partial charge in [-0.1, -0.05) is 60.2 Å². The van der Waals surface area contributed by atoms with Crippen LogP contribution in [0, 0.1) is 6.92 Å². The molecule has 0 saturated carbocycles. The van der Waals surface area contributed by atoms with Gasteiger partial charge >= 0.3 is 0 Å². The van der Waals surface area contributed by atoms with Crippen molar-refractivity contribution in [1.29, 1.82) is 0 Å². The van der Waals surface area contributed by atoms with Gasteiger partial charge in [0, 0.05) is 57.4 Å². The molecule has 6 nitrogen and oxygen atoms in total. The highest BCUT2D eigenvalue weighted by Crippen LogP contribution is 2.29. The summed E-state index contributed by atoms with van der Waals surface area (Å²) in [7, 11) is 1.72. The molecule has 0 spiro atoms. The highest BCUT2D eigenvalue weighted by atomic mass is 16.5. The van der Waals surface area contributed by atoms with E-state index in [9.17, 15) is 5.11 Å². The van der Waals surface area contributed by atoms with E-state index in [1.165, 1.54) is 11.1 Å². The van der Waals surface area contributed by atoms with Crippen LogP contribution < -0.4 is 4.90 Å². The number of ether oxygens (including phenoxy) is 1. The molecule has 2 heterocycles. The number of piperazine rings is 1. The van der Waals surface area contributed by atoms with Gasteiger partial charge in [-0.25, -0.2) is 9.97 Å². The molecule has 4 rings (SSSR count). The number of nitrogens with zero attached hydrogens (tertiary/aromatic N) is 4. The molecule has 174 valence electrons. The average molecular weight is 447 g/mol. The lowest BCUT2D eigenvalue weighted by molar-refractivity contribution is 0.122. The molecule has 3 aromatic rings. The second-order valence-corrected chi connectivity index (χ2v) is 8.89. The van der Waals surface area contributed by atoms with Gasteiger partial charge in [0.1, 0.15) is 5.82 Å². The van der Waals surface area contributed by atoms with Crippen molar-refractivity contribution in [3.63, 3.8) is 0 Å². The zero-order valence-corrected chi connectivity index (χ0v) is 19.9. The molecule has 1 N–H and O–H groups in total. The molecule has 2 aromatic carbocycles. The average Bonchev–Trinajstić information content (AvgIpc) is 2.82. The lowest BCUT2D eigenvalue weighted by Gasteiger charge is -2.37. The van der Waals surface area contributed by atoms with E-state index in [0.717, 1.165) is 61.1 Å². The summed E-state index contributed by atoms with van der Waals surface area (Å²) in [5.41, 5.74) is 5.56. The number of methoxy groups -OCH3 is 1. The number of hydrogen-bond acceptors (Lipinski definition) is 6. The van der Waals surface area contributed by atoms with Crippen molar-refractivity contribution < 1.29 is 9.84 Å². The third kappa shape index (κ3) is 5.96. The molecule has 0 radical (unpaired) electrons. The molecule has 0 amide bonds. The fourth-order valence-corrected chi connectivity index (χ4v) is 4.36. The van der Waals surface area contributed by atoms with Crippen LogP contribution in [-0.4, -0.2) is 65.9 Å². The first kappa shape index (κ1) is 23.4. The van der Waals surface area contributed by atoms with Crippen LogP contribution in [0.1, 0.15) is 29.3 Å². The zero-order chi connectivity index (χ0) is 23.2. The van der Waals surface area contributed by atoms with E-state index in [0.29, 0.717) is 13.2 Å². The highest BCUT2D eigenvalue weighted by molar-refractivity contribution is 5.61. The Bertz CT molecular complexity index is 1030. The van der Waals surface area contributed by atoms with Crippen LogP contribution in [0.25, 0.3) is 11.4 Å². The Morgan fingerprint density at radius 2 is 1.67 bits per heavy atom. The Morgan fingerprint density at radius 1 is 0.970 bits per heavy atom. The molecular weight excluding hydrogens is 412 g/mol. The van der Waals surface area contributed by atoms with Gasteiger partial charge in [0.05, 0.1) is 18.4 Å². The number of rotatable bonds is 8. The molecule has 1 unspecified atom stereocenters. The maximum atomic E-state index is 9.78. The fraction of sp³-hybridized carbons (Fsp3) is 0.407. The lowest BCUT2D eigenvalue weighted by atomic mass is 10.0. The smallest absolute Gasteiger partial charge is 0.161 e. The summed E-state index contributed by atoms with van der Waals surface area (Å²) in [6.45, 7) is 8.64. The van der Waals surface area contributed by atoms with E-state index in [1.807, 2.05) is 25.1 Å². The van der Waals surface area contributed by atoms with Gasteiger partial charge in [-0.2, -0.15) is 0 Å². The number of benzene rings is 2. The highest BCUT2D eigenvalue weighted by Gasteiger charge is 2.24. The predicted molar refractivity (Wildman–Crippen MR) is 132 cm³/mol. The molecule has 0 bridgehead atoms. The summed E-state index contributed by atoms with van der Waals surface area (Å²) in [5.74, 6) is 1.73. The van der Waals surface area contributed by atoms with Gasteiger partial charge in [-0.15, -0.1) is 0 Å². The molecule has 1 fully saturated rings. The molecule has 33 heavy (non-hydrogen) atoms. The molecule has 1 atom stereocenters. The fourth-order valence-electron chi connectivity index (χ4n) is 4.36. The van der Waals surface area contributed by atoms with E-state index in [2.05, 4.69) is 53.1 Å². The van der Waals surface area contributed by atoms with Crippen LogP contribution >= 0.6 is 0 Å². The minimum Gasteiger partial charge on any atom is -0.392 e. The van der Waals surface area contributed by atoms with Crippen molar-refractivity contribution in [2.45, 2.75) is 33.0 Å². The lowest BCUT2D eigenvalue weighted by Crippen LogP contribution is -2.49. The van der Waals surface area contributed by atoms with Crippen molar-refractivity contribution in [2.24, 2.45) is 0 Å². The maximum Gasteiger partial charge on any atom is 0.161 e. The summed E-state index contributed by atoms with van der Waals surface area (Å²) in [6, 6.07) is 18.8. The van der Waals surface area contributed by atoms with Gasteiger partial charge in [-0.05, 0) is 19.4 Å². The zero-order valence-electron chi connectivity index (χ0n) is 19.9. The molecule has 6 heteroatoms. The number of aliphatic hydroxyl groups is 1. The van der Waals surface area contributed by atoms with Crippen LogP contribution in [-0.2, 0) is 17.8 Å². The largest absolute Gasteiger partial charge is 0.392 e. The molecule has 0 aliphatic carbocycles. The van der Waals surface area contributed by atoms with E-state index in [4.69, 9.17) is 14.7 Å². The number of anilines is 1. The number of aromatic nitrogens is 2. The normalized spacial score (nSPS) is 15.6. The second kappa shape index (κ2) is 10.9. The van der Waals surface area contributed by atoms with Gasteiger partial charge < -0.3 is 14.7 Å². The topological polar surface area (TPSA) is 61.7 Å². The van der Waals surface area contributed by atoms with E-state index in [-0.39, 0.29) is 6.10 Å². The maximum absolute atomic E-state index is 9.78. The third-order valence-corrected chi connectivity index (χ3v) is 6.08. The Hall–Kier alpha value is -2.80. The van der Waals surface area contributed by atoms with Crippen LogP contribution in [0.5, 0.6) is 0 Å². The number of aliphatic hydroxyl groups excluding tert-OH is 1. The van der Waals surface area contributed by atoms with E-state index >= 15 is 0 Å². The molecule has 1 aliphatic heterocycles. The molecular formula is C27H34N4O2. The number of aryl methyl sites for hydroxylation is 1. The van der Waals surface area contributed by atoms with Gasteiger partial charge in [0.2, 0.25) is 0 Å². The molecule has 1 aliphatic rings. The Labute approximate surface area is 196 Å². The Morgan fingerprint density at radius 3 is 2.30 bits per heavy atom. The number of hydrogen-bond donors (Lipinski definition) is 1. The first-order chi connectivity index (χ1) is 16.0. The van der Waals surface area contributed by atoms with Crippen molar-refractivity contribution >= 4 is 5.82 Å². The predicted octanol–water partition coefficient (Wildman–Crippen LogP) is 3.69. The van der Waals surface area contributed by atoms with Crippen LogP contribution in [0.3, 0.4) is 0 Å². The van der Waals surface area contributed by atoms with Crippen LogP contribution in [0.15, 0.2) is 54.6 Å². The van der Waals surface area contributed by atoms with E-state index in [1.54, 1.807) is 7.11 Å². The second-order valence-electron chi connectivity index (χ2n) is 8.89. The Kier molecular flexibility index (Phi) is 7.70. The van der Waals surface area contributed by atoms with Gasteiger partial charge in [0.25, 0.3) is 0 Å². The summed E-state index contributed by atoms with van der Waals surface area (Å²) >= 11 is 0. The summed E-state index contributed by atoms with van der Waals surface area (Å²) in [6.07, 6.45) is 0.447. The van der Waals surface area contributed by atoms with Crippen LogP contribution in [0.2, 0.25) is 0 Å². The first-order valence-corrected chi connectivity index (χ1v) is 11.7. The van der Waals surface area contributed by atoms with Gasteiger partial charge in [0.15, 0.2) is 5.82 Å². The van der Waals surface area contributed by atoms with Crippen LogP contribution in [0.4, 0.5) is 5.82 Å². The monoisotopic (exact) mass is 446 g/mol. The third-order valence-electron chi connectivity index (χ3n) is 6.08. The van der Waals surface area contributed by atoms with Crippen molar-refractivity contribution in [3.05, 3.63) is 77.0 Å². The standard InChI is InChI=1S/C27H34N4O2/c1-20-9-11-22(12-10-20)17-24-25(19-33-3)28-26(23-7-5-4-6-8-23)29-27(24)31-15-13-30(14-16-31)18-21(2)32/h4-12,21,32H,13-19H2,1-3H3. The van der Waals surface area contributed by atoms with Crippen molar-refractivity contribution in [2.75, 3.05) is 44.7 Å². The molecule has 1 saturated heterocycles.